The third-order valence-corrected chi connectivity index (χ3v) is 1.75. The van der Waals surface area contributed by atoms with Crippen LogP contribution in [0.15, 0.2) is 23.4 Å². The third-order valence-electron chi connectivity index (χ3n) is 1.75. The van der Waals surface area contributed by atoms with Crippen LogP contribution in [-0.2, 0) is 0 Å². The summed E-state index contributed by atoms with van der Waals surface area (Å²) in [6.45, 7) is 6.02. The highest BCUT2D eigenvalue weighted by Crippen LogP contribution is 2.22. The Hall–Kier alpha value is -1.38. The molecule has 0 aliphatic heterocycles. The maximum atomic E-state index is 10.3. The molecular formula is C10H14N2O. The molecular weight excluding hydrogens is 164 g/mol. The summed E-state index contributed by atoms with van der Waals surface area (Å²) in [5.74, 6) is 0. The van der Waals surface area contributed by atoms with Gasteiger partial charge in [-0.2, -0.15) is 0 Å². The van der Waals surface area contributed by atoms with Crippen LogP contribution in [0.4, 0.5) is 11.4 Å². The lowest BCUT2D eigenvalue weighted by atomic mass is 10.2. The highest BCUT2D eigenvalue weighted by Gasteiger charge is 2.00. The van der Waals surface area contributed by atoms with Gasteiger partial charge in [0, 0.05) is 11.7 Å². The van der Waals surface area contributed by atoms with E-state index in [0.29, 0.717) is 11.7 Å². The quantitative estimate of drug-likeness (QED) is 0.722. The van der Waals surface area contributed by atoms with Gasteiger partial charge >= 0.3 is 0 Å². The molecule has 0 bridgehead atoms. The van der Waals surface area contributed by atoms with E-state index < -0.39 is 0 Å². The van der Waals surface area contributed by atoms with Gasteiger partial charge in [0.15, 0.2) is 0 Å². The van der Waals surface area contributed by atoms with E-state index in [-0.39, 0.29) is 0 Å². The van der Waals surface area contributed by atoms with Gasteiger partial charge in [-0.1, -0.05) is 0 Å². The van der Waals surface area contributed by atoms with Crippen LogP contribution in [0.2, 0.25) is 0 Å². The Balaban J connectivity index is 2.89. The molecule has 0 saturated carbocycles. The first kappa shape index (κ1) is 9.71. The monoisotopic (exact) mass is 178 g/mol. The Bertz CT molecular complexity index is 308. The summed E-state index contributed by atoms with van der Waals surface area (Å²) in [7, 11) is 0. The van der Waals surface area contributed by atoms with Gasteiger partial charge in [0.25, 0.3) is 0 Å². The second-order valence-electron chi connectivity index (χ2n) is 3.39. The van der Waals surface area contributed by atoms with E-state index in [4.69, 9.17) is 0 Å². The molecule has 0 atom stereocenters. The molecule has 0 aliphatic rings. The summed E-state index contributed by atoms with van der Waals surface area (Å²) < 4.78 is 0. The molecule has 1 rings (SSSR count). The predicted molar refractivity (Wildman–Crippen MR) is 55.4 cm³/mol. The van der Waals surface area contributed by atoms with E-state index >= 15 is 0 Å². The largest absolute Gasteiger partial charge is 0.383 e. The van der Waals surface area contributed by atoms with Gasteiger partial charge in [0.1, 0.15) is 5.69 Å². The Morgan fingerprint density at radius 1 is 1.38 bits per heavy atom. The summed E-state index contributed by atoms with van der Waals surface area (Å²) in [5.41, 5.74) is 2.44. The van der Waals surface area contributed by atoms with Crippen molar-refractivity contribution in [1.82, 2.24) is 0 Å². The van der Waals surface area contributed by atoms with Crippen molar-refractivity contribution in [2.75, 3.05) is 5.32 Å². The number of hydrogen-bond donors (Lipinski definition) is 1. The molecule has 1 aromatic carbocycles. The number of hydrogen-bond acceptors (Lipinski definition) is 3. The van der Waals surface area contributed by atoms with Crippen molar-refractivity contribution in [2.45, 2.75) is 26.8 Å². The zero-order chi connectivity index (χ0) is 9.84. The standard InChI is InChI=1S/C10H14N2O/c1-7(2)11-9-4-5-10(12-13)8(3)6-9/h4-7,11H,1-3H3. The van der Waals surface area contributed by atoms with Crippen LogP contribution in [0, 0.1) is 11.8 Å². The second kappa shape index (κ2) is 4.03. The Morgan fingerprint density at radius 3 is 2.54 bits per heavy atom. The molecule has 70 valence electrons. The Labute approximate surface area is 78.1 Å². The van der Waals surface area contributed by atoms with Crippen LogP contribution in [0.5, 0.6) is 0 Å². The van der Waals surface area contributed by atoms with Gasteiger partial charge in [0.2, 0.25) is 0 Å². The fourth-order valence-corrected chi connectivity index (χ4v) is 1.18. The summed E-state index contributed by atoms with van der Waals surface area (Å²) in [5, 5.41) is 6.17. The number of anilines is 1. The first-order valence-electron chi connectivity index (χ1n) is 4.34. The molecule has 0 radical (unpaired) electrons. The smallest absolute Gasteiger partial charge is 0.111 e. The van der Waals surface area contributed by atoms with Crippen LogP contribution >= 0.6 is 0 Å². The molecule has 0 unspecified atom stereocenters. The first-order chi connectivity index (χ1) is 6.13. The maximum Gasteiger partial charge on any atom is 0.111 e. The normalized spacial score (nSPS) is 10.2. The molecule has 0 aliphatic carbocycles. The maximum absolute atomic E-state index is 10.3. The summed E-state index contributed by atoms with van der Waals surface area (Å²) >= 11 is 0. The number of nitrogens with zero attached hydrogens (tertiary/aromatic N) is 1. The molecule has 1 aromatic rings. The van der Waals surface area contributed by atoms with E-state index in [1.165, 1.54) is 0 Å². The van der Waals surface area contributed by atoms with Crippen molar-refractivity contribution in [3.05, 3.63) is 28.7 Å². The lowest BCUT2D eigenvalue weighted by Crippen LogP contribution is -2.09. The Morgan fingerprint density at radius 2 is 2.08 bits per heavy atom. The van der Waals surface area contributed by atoms with Crippen molar-refractivity contribution in [3.8, 4) is 0 Å². The first-order valence-corrected chi connectivity index (χ1v) is 4.34. The van der Waals surface area contributed by atoms with Crippen LogP contribution in [0.3, 0.4) is 0 Å². The fourth-order valence-electron chi connectivity index (χ4n) is 1.18. The minimum absolute atomic E-state index is 0.398. The number of nitrogens with one attached hydrogen (secondary N) is 1. The molecule has 0 saturated heterocycles. The van der Waals surface area contributed by atoms with E-state index in [1.807, 2.05) is 19.1 Å². The minimum atomic E-state index is 0.398. The zero-order valence-electron chi connectivity index (χ0n) is 8.16. The Kier molecular flexibility index (Phi) is 3.01. The number of aryl methyl sites for hydroxylation is 1. The van der Waals surface area contributed by atoms with E-state index in [2.05, 4.69) is 24.3 Å². The van der Waals surface area contributed by atoms with Crippen molar-refractivity contribution in [1.29, 1.82) is 0 Å². The molecule has 0 amide bonds. The van der Waals surface area contributed by atoms with Crippen molar-refractivity contribution in [3.63, 3.8) is 0 Å². The van der Waals surface area contributed by atoms with Crippen molar-refractivity contribution < 1.29 is 0 Å². The number of benzene rings is 1. The molecule has 0 aromatic heterocycles. The van der Waals surface area contributed by atoms with Crippen LogP contribution in [0.1, 0.15) is 19.4 Å². The van der Waals surface area contributed by atoms with E-state index in [1.54, 1.807) is 6.07 Å². The fraction of sp³-hybridized carbons (Fsp3) is 0.400. The van der Waals surface area contributed by atoms with Crippen LogP contribution < -0.4 is 5.32 Å². The molecule has 3 nitrogen and oxygen atoms in total. The van der Waals surface area contributed by atoms with Gasteiger partial charge in [-0.3, -0.25) is 0 Å². The van der Waals surface area contributed by atoms with Gasteiger partial charge in [-0.15, -0.1) is 4.91 Å². The van der Waals surface area contributed by atoms with Crippen LogP contribution in [-0.4, -0.2) is 6.04 Å². The summed E-state index contributed by atoms with van der Waals surface area (Å²) in [4.78, 5) is 10.3. The van der Waals surface area contributed by atoms with E-state index in [0.717, 1.165) is 11.3 Å². The number of rotatable bonds is 3. The lowest BCUT2D eigenvalue weighted by Gasteiger charge is -2.10. The average molecular weight is 178 g/mol. The van der Waals surface area contributed by atoms with Crippen LogP contribution in [0.25, 0.3) is 0 Å². The summed E-state index contributed by atoms with van der Waals surface area (Å²) in [6, 6.07) is 5.92. The van der Waals surface area contributed by atoms with Gasteiger partial charge in [-0.25, -0.2) is 0 Å². The SMILES string of the molecule is Cc1cc(NC(C)C)ccc1N=O. The minimum Gasteiger partial charge on any atom is -0.383 e. The molecule has 3 heteroatoms. The van der Waals surface area contributed by atoms with Gasteiger partial charge in [-0.05, 0) is 49.7 Å². The predicted octanol–water partition coefficient (Wildman–Crippen LogP) is 3.21. The molecule has 0 heterocycles. The summed E-state index contributed by atoms with van der Waals surface area (Å²) in [6.07, 6.45) is 0. The second-order valence-corrected chi connectivity index (χ2v) is 3.39. The van der Waals surface area contributed by atoms with Crippen molar-refractivity contribution in [2.24, 2.45) is 5.18 Å². The van der Waals surface area contributed by atoms with E-state index in [9.17, 15) is 4.91 Å². The lowest BCUT2D eigenvalue weighted by molar-refractivity contribution is 0.899. The van der Waals surface area contributed by atoms with Gasteiger partial charge < -0.3 is 5.32 Å². The average Bonchev–Trinajstić information content (AvgIpc) is 2.03. The molecule has 0 fully saturated rings. The van der Waals surface area contributed by atoms with Gasteiger partial charge in [0.05, 0.1) is 0 Å². The molecule has 13 heavy (non-hydrogen) atoms. The third kappa shape index (κ3) is 2.54. The topological polar surface area (TPSA) is 41.5 Å². The zero-order valence-corrected chi connectivity index (χ0v) is 8.16. The molecule has 0 spiro atoms. The van der Waals surface area contributed by atoms with Crippen molar-refractivity contribution >= 4 is 11.4 Å². The number of nitroso groups, excluding NO2 is 1. The highest BCUT2D eigenvalue weighted by atomic mass is 16.3. The highest BCUT2D eigenvalue weighted by molar-refractivity contribution is 5.56. The molecule has 1 N–H and O–H groups in total.